The lowest BCUT2D eigenvalue weighted by atomic mass is 10.3. The van der Waals surface area contributed by atoms with Crippen molar-refractivity contribution in [3.05, 3.63) is 21.9 Å². The van der Waals surface area contributed by atoms with Gasteiger partial charge in [-0.05, 0) is 23.9 Å². The maximum atomic E-state index is 10.3. The van der Waals surface area contributed by atoms with E-state index in [1.54, 1.807) is 23.3 Å². The van der Waals surface area contributed by atoms with E-state index >= 15 is 0 Å². The van der Waals surface area contributed by atoms with Gasteiger partial charge in [0.15, 0.2) is 0 Å². The van der Waals surface area contributed by atoms with Crippen molar-refractivity contribution in [3.8, 4) is 0 Å². The summed E-state index contributed by atoms with van der Waals surface area (Å²) < 4.78 is 0. The third kappa shape index (κ3) is 2.05. The summed E-state index contributed by atoms with van der Waals surface area (Å²) in [5.41, 5.74) is 1.27. The average molecular weight is 169 g/mol. The second kappa shape index (κ2) is 3.53. The van der Waals surface area contributed by atoms with Crippen molar-refractivity contribution < 1.29 is 4.79 Å². The van der Waals surface area contributed by atoms with Crippen molar-refractivity contribution in [2.45, 2.75) is 13.5 Å². The Balaban J connectivity index is 2.63. The largest absolute Gasteiger partial charge is 0.343 e. The van der Waals surface area contributed by atoms with Crippen LogP contribution in [0, 0.1) is 6.92 Å². The molecule has 0 N–H and O–H groups in total. The van der Waals surface area contributed by atoms with Gasteiger partial charge in [0, 0.05) is 11.9 Å². The van der Waals surface area contributed by atoms with Gasteiger partial charge in [-0.2, -0.15) is 0 Å². The van der Waals surface area contributed by atoms with Crippen LogP contribution in [0.15, 0.2) is 11.4 Å². The number of amides is 1. The number of hydrogen-bond acceptors (Lipinski definition) is 2. The molecule has 0 aliphatic carbocycles. The highest BCUT2D eigenvalue weighted by Crippen LogP contribution is 2.16. The van der Waals surface area contributed by atoms with Crippen LogP contribution in [0.2, 0.25) is 0 Å². The summed E-state index contributed by atoms with van der Waals surface area (Å²) >= 11 is 1.69. The maximum absolute atomic E-state index is 10.3. The minimum absolute atomic E-state index is 0.729. The Hall–Kier alpha value is -0.830. The third-order valence-corrected chi connectivity index (χ3v) is 2.55. The van der Waals surface area contributed by atoms with Crippen LogP contribution >= 0.6 is 11.3 Å². The summed E-state index contributed by atoms with van der Waals surface area (Å²) in [6.07, 6.45) is 0.846. The number of nitrogens with zero attached hydrogens (tertiary/aromatic N) is 1. The van der Waals surface area contributed by atoms with Crippen molar-refractivity contribution in [1.29, 1.82) is 0 Å². The van der Waals surface area contributed by atoms with Crippen molar-refractivity contribution in [1.82, 2.24) is 4.90 Å². The maximum Gasteiger partial charge on any atom is 0.209 e. The van der Waals surface area contributed by atoms with Crippen LogP contribution in [0.5, 0.6) is 0 Å². The molecule has 0 spiro atoms. The van der Waals surface area contributed by atoms with Crippen molar-refractivity contribution in [2.24, 2.45) is 0 Å². The van der Waals surface area contributed by atoms with E-state index in [2.05, 4.69) is 13.0 Å². The molecule has 1 rings (SSSR count). The molecule has 60 valence electrons. The van der Waals surface area contributed by atoms with Gasteiger partial charge < -0.3 is 4.90 Å². The predicted molar refractivity (Wildman–Crippen MR) is 46.6 cm³/mol. The smallest absolute Gasteiger partial charge is 0.209 e. The van der Waals surface area contributed by atoms with E-state index < -0.39 is 0 Å². The highest BCUT2D eigenvalue weighted by atomic mass is 32.1. The minimum Gasteiger partial charge on any atom is -0.343 e. The van der Waals surface area contributed by atoms with Gasteiger partial charge in [0.2, 0.25) is 6.41 Å². The molecule has 0 saturated heterocycles. The standard InChI is InChI=1S/C8H11NOS/c1-7-3-4-11-8(7)5-9(2)6-10/h3-4,6H,5H2,1-2H3. The lowest BCUT2D eigenvalue weighted by molar-refractivity contribution is -0.117. The van der Waals surface area contributed by atoms with Crippen LogP contribution < -0.4 is 0 Å². The summed E-state index contributed by atoms with van der Waals surface area (Å²) in [7, 11) is 1.78. The van der Waals surface area contributed by atoms with Crippen LogP contribution in [-0.4, -0.2) is 18.4 Å². The fourth-order valence-electron chi connectivity index (χ4n) is 0.830. The van der Waals surface area contributed by atoms with Gasteiger partial charge in [-0.25, -0.2) is 0 Å². The molecular formula is C8H11NOS. The fraction of sp³-hybridized carbons (Fsp3) is 0.375. The quantitative estimate of drug-likeness (QED) is 0.630. The van der Waals surface area contributed by atoms with E-state index in [4.69, 9.17) is 0 Å². The number of carbonyl (C=O) groups excluding carboxylic acids is 1. The topological polar surface area (TPSA) is 20.3 Å². The zero-order valence-electron chi connectivity index (χ0n) is 6.70. The molecule has 0 aliphatic rings. The third-order valence-electron chi connectivity index (χ3n) is 1.54. The molecule has 0 atom stereocenters. The van der Waals surface area contributed by atoms with E-state index in [-0.39, 0.29) is 0 Å². The zero-order valence-corrected chi connectivity index (χ0v) is 7.52. The molecule has 3 heteroatoms. The Labute approximate surface area is 70.5 Å². The molecule has 1 heterocycles. The molecule has 0 bridgehead atoms. The van der Waals surface area contributed by atoms with Crippen LogP contribution in [0.1, 0.15) is 10.4 Å². The van der Waals surface area contributed by atoms with E-state index in [0.717, 1.165) is 13.0 Å². The highest BCUT2D eigenvalue weighted by Gasteiger charge is 2.01. The van der Waals surface area contributed by atoms with Gasteiger partial charge in [0.05, 0.1) is 6.54 Å². The molecule has 0 aliphatic heterocycles. The SMILES string of the molecule is Cc1ccsc1CN(C)C=O. The molecule has 0 aromatic carbocycles. The average Bonchev–Trinajstić information content (AvgIpc) is 2.37. The molecule has 1 aromatic heterocycles. The Kier molecular flexibility index (Phi) is 2.65. The Bertz CT molecular complexity index is 244. The highest BCUT2D eigenvalue weighted by molar-refractivity contribution is 7.10. The second-order valence-electron chi connectivity index (χ2n) is 2.55. The van der Waals surface area contributed by atoms with Gasteiger partial charge in [0.25, 0.3) is 0 Å². The second-order valence-corrected chi connectivity index (χ2v) is 3.55. The molecule has 0 unspecified atom stereocenters. The van der Waals surface area contributed by atoms with Crippen molar-refractivity contribution in [3.63, 3.8) is 0 Å². The summed E-state index contributed by atoms with van der Waals surface area (Å²) in [4.78, 5) is 13.2. The molecule has 11 heavy (non-hydrogen) atoms. The first-order valence-corrected chi connectivity index (χ1v) is 4.30. The van der Waals surface area contributed by atoms with Crippen LogP contribution in [0.4, 0.5) is 0 Å². The Morgan fingerprint density at radius 1 is 1.73 bits per heavy atom. The minimum atomic E-state index is 0.729. The van der Waals surface area contributed by atoms with Gasteiger partial charge in [-0.3, -0.25) is 4.79 Å². The normalized spacial score (nSPS) is 9.64. The van der Waals surface area contributed by atoms with Crippen LogP contribution in [0.3, 0.4) is 0 Å². The van der Waals surface area contributed by atoms with E-state index in [1.807, 2.05) is 5.38 Å². The molecule has 0 radical (unpaired) electrons. The molecule has 1 amide bonds. The number of rotatable bonds is 3. The van der Waals surface area contributed by atoms with Gasteiger partial charge >= 0.3 is 0 Å². The fourth-order valence-corrected chi connectivity index (χ4v) is 1.80. The van der Waals surface area contributed by atoms with Crippen LogP contribution in [0.25, 0.3) is 0 Å². The molecule has 1 aromatic rings. The summed E-state index contributed by atoms with van der Waals surface area (Å²) in [5.74, 6) is 0. The van der Waals surface area contributed by atoms with E-state index in [0.29, 0.717) is 0 Å². The number of thiophene rings is 1. The molecule has 0 saturated carbocycles. The predicted octanol–water partition coefficient (Wildman–Crippen LogP) is 1.64. The van der Waals surface area contributed by atoms with Crippen LogP contribution in [-0.2, 0) is 11.3 Å². The Morgan fingerprint density at radius 2 is 2.45 bits per heavy atom. The Morgan fingerprint density at radius 3 is 2.91 bits per heavy atom. The zero-order chi connectivity index (χ0) is 8.27. The summed E-state index contributed by atoms with van der Waals surface area (Å²) in [6, 6.07) is 2.07. The monoisotopic (exact) mass is 169 g/mol. The first-order valence-electron chi connectivity index (χ1n) is 3.42. The summed E-state index contributed by atoms with van der Waals surface area (Å²) in [5, 5.41) is 2.04. The lowest BCUT2D eigenvalue weighted by Crippen LogP contribution is -2.14. The first-order chi connectivity index (χ1) is 5.24. The molecule has 2 nitrogen and oxygen atoms in total. The first kappa shape index (κ1) is 8.27. The number of carbonyl (C=O) groups is 1. The number of hydrogen-bond donors (Lipinski definition) is 0. The summed E-state index contributed by atoms with van der Waals surface area (Å²) in [6.45, 7) is 2.79. The van der Waals surface area contributed by atoms with Gasteiger partial charge in [-0.15, -0.1) is 11.3 Å². The van der Waals surface area contributed by atoms with E-state index in [9.17, 15) is 4.79 Å². The number of aryl methyl sites for hydroxylation is 1. The van der Waals surface area contributed by atoms with Gasteiger partial charge in [-0.1, -0.05) is 0 Å². The lowest BCUT2D eigenvalue weighted by Gasteiger charge is -2.08. The molecular weight excluding hydrogens is 158 g/mol. The van der Waals surface area contributed by atoms with Gasteiger partial charge in [0.1, 0.15) is 0 Å². The van der Waals surface area contributed by atoms with E-state index in [1.165, 1.54) is 10.4 Å². The molecule has 0 fully saturated rings. The van der Waals surface area contributed by atoms with Crippen molar-refractivity contribution in [2.75, 3.05) is 7.05 Å². The van der Waals surface area contributed by atoms with Crippen molar-refractivity contribution >= 4 is 17.7 Å².